The number of alkyl halides is 2. The standard InChI is InChI=1S/C22H24F3NO4/c1-12(2)19(30-11-14-4-9-17(20(24)25)18(23)10-14)21(27)26-13(3)15-5-7-16(8-6-15)22(28)29/h4-10,12-13,19-20H,11H2,1-3H3,(H,26,27)(H,28,29)/t13-,19?/m0/s1. The number of ether oxygens (including phenoxy) is 1. The van der Waals surface area contributed by atoms with Crippen LogP contribution in [0.5, 0.6) is 0 Å². The Hall–Kier alpha value is -2.87. The van der Waals surface area contributed by atoms with Gasteiger partial charge in [0, 0.05) is 0 Å². The summed E-state index contributed by atoms with van der Waals surface area (Å²) in [5.41, 5.74) is 0.526. The topological polar surface area (TPSA) is 75.6 Å². The molecular weight excluding hydrogens is 399 g/mol. The molecule has 0 saturated heterocycles. The number of nitrogens with one attached hydrogen (secondary N) is 1. The Morgan fingerprint density at radius 1 is 1.07 bits per heavy atom. The molecule has 1 unspecified atom stereocenters. The van der Waals surface area contributed by atoms with E-state index in [0.29, 0.717) is 5.56 Å². The molecule has 2 N–H and O–H groups in total. The fraction of sp³-hybridized carbons (Fsp3) is 0.364. The number of amides is 1. The maximum atomic E-state index is 13.7. The molecule has 0 heterocycles. The summed E-state index contributed by atoms with van der Waals surface area (Å²) in [6.07, 6.45) is -3.75. The van der Waals surface area contributed by atoms with Gasteiger partial charge in [0.2, 0.25) is 5.91 Å². The van der Waals surface area contributed by atoms with Gasteiger partial charge in [-0.15, -0.1) is 0 Å². The number of carbonyl (C=O) groups excluding carboxylic acids is 1. The Bertz CT molecular complexity index is 884. The highest BCUT2D eigenvalue weighted by Crippen LogP contribution is 2.23. The zero-order chi connectivity index (χ0) is 22.4. The summed E-state index contributed by atoms with van der Waals surface area (Å²) in [6, 6.07) is 9.07. The smallest absolute Gasteiger partial charge is 0.335 e. The highest BCUT2D eigenvalue weighted by atomic mass is 19.3. The zero-order valence-electron chi connectivity index (χ0n) is 16.9. The second-order valence-electron chi connectivity index (χ2n) is 7.29. The molecule has 0 bridgehead atoms. The van der Waals surface area contributed by atoms with Gasteiger partial charge in [-0.1, -0.05) is 38.1 Å². The van der Waals surface area contributed by atoms with E-state index < -0.39 is 35.9 Å². The van der Waals surface area contributed by atoms with Crippen LogP contribution in [-0.2, 0) is 16.1 Å². The predicted molar refractivity (Wildman–Crippen MR) is 105 cm³/mol. The molecule has 2 aromatic carbocycles. The number of hydrogen-bond donors (Lipinski definition) is 2. The van der Waals surface area contributed by atoms with Crippen LogP contribution in [-0.4, -0.2) is 23.1 Å². The SMILES string of the molecule is CC(C)C(OCc1ccc(C(F)F)c(F)c1)C(=O)N[C@@H](C)c1ccc(C(=O)O)cc1. The van der Waals surface area contributed by atoms with Crippen molar-refractivity contribution >= 4 is 11.9 Å². The van der Waals surface area contributed by atoms with Crippen LogP contribution >= 0.6 is 0 Å². The van der Waals surface area contributed by atoms with Crippen molar-refractivity contribution in [3.05, 3.63) is 70.5 Å². The lowest BCUT2D eigenvalue weighted by atomic mass is 10.0. The largest absolute Gasteiger partial charge is 0.478 e. The van der Waals surface area contributed by atoms with Gasteiger partial charge in [0.05, 0.1) is 23.8 Å². The van der Waals surface area contributed by atoms with Crippen LogP contribution in [0.1, 0.15) is 60.3 Å². The van der Waals surface area contributed by atoms with Crippen molar-refractivity contribution in [1.82, 2.24) is 5.32 Å². The van der Waals surface area contributed by atoms with Gasteiger partial charge < -0.3 is 15.2 Å². The van der Waals surface area contributed by atoms with Gasteiger partial charge in [-0.2, -0.15) is 0 Å². The first-order valence-corrected chi connectivity index (χ1v) is 9.41. The molecule has 8 heteroatoms. The Labute approximate surface area is 172 Å². The van der Waals surface area contributed by atoms with Crippen molar-refractivity contribution in [1.29, 1.82) is 0 Å². The molecule has 0 aliphatic rings. The van der Waals surface area contributed by atoms with E-state index in [1.165, 1.54) is 18.2 Å². The van der Waals surface area contributed by atoms with E-state index in [1.54, 1.807) is 32.9 Å². The summed E-state index contributed by atoms with van der Waals surface area (Å²) in [5, 5.41) is 11.8. The van der Waals surface area contributed by atoms with Crippen LogP contribution in [0.4, 0.5) is 13.2 Å². The molecule has 0 spiro atoms. The van der Waals surface area contributed by atoms with Crippen LogP contribution in [0.15, 0.2) is 42.5 Å². The zero-order valence-corrected chi connectivity index (χ0v) is 16.9. The third-order valence-corrected chi connectivity index (χ3v) is 4.61. The number of aromatic carboxylic acids is 1. The van der Waals surface area contributed by atoms with Crippen LogP contribution < -0.4 is 5.32 Å². The summed E-state index contributed by atoms with van der Waals surface area (Å²) < 4.78 is 44.7. The van der Waals surface area contributed by atoms with Crippen molar-refractivity contribution in [2.75, 3.05) is 0 Å². The second kappa shape index (κ2) is 10.2. The maximum Gasteiger partial charge on any atom is 0.335 e. The monoisotopic (exact) mass is 423 g/mol. The van der Waals surface area contributed by atoms with Crippen molar-refractivity contribution in [2.45, 2.75) is 45.9 Å². The van der Waals surface area contributed by atoms with Crippen molar-refractivity contribution in [3.8, 4) is 0 Å². The molecule has 0 aliphatic heterocycles. The molecule has 0 aromatic heterocycles. The van der Waals surface area contributed by atoms with E-state index in [4.69, 9.17) is 9.84 Å². The Balaban J connectivity index is 2.02. The van der Waals surface area contributed by atoms with E-state index in [-0.39, 0.29) is 24.0 Å². The first-order chi connectivity index (χ1) is 14.1. The van der Waals surface area contributed by atoms with Crippen molar-refractivity contribution in [3.63, 3.8) is 0 Å². The average Bonchev–Trinajstić information content (AvgIpc) is 2.67. The first kappa shape index (κ1) is 23.4. The fourth-order valence-electron chi connectivity index (χ4n) is 2.89. The van der Waals surface area contributed by atoms with Crippen LogP contribution in [0.3, 0.4) is 0 Å². The van der Waals surface area contributed by atoms with Gasteiger partial charge in [-0.25, -0.2) is 18.0 Å². The van der Waals surface area contributed by atoms with Gasteiger partial charge in [-0.3, -0.25) is 4.79 Å². The fourth-order valence-corrected chi connectivity index (χ4v) is 2.89. The minimum absolute atomic E-state index is 0.113. The first-order valence-electron chi connectivity index (χ1n) is 9.41. The van der Waals surface area contributed by atoms with Gasteiger partial charge in [0.25, 0.3) is 6.43 Å². The number of halogens is 3. The summed E-state index contributed by atoms with van der Waals surface area (Å²) in [6.45, 7) is 5.22. The second-order valence-corrected chi connectivity index (χ2v) is 7.29. The molecule has 30 heavy (non-hydrogen) atoms. The van der Waals surface area contributed by atoms with E-state index >= 15 is 0 Å². The van der Waals surface area contributed by atoms with Gasteiger partial charge in [-0.05, 0) is 42.2 Å². The van der Waals surface area contributed by atoms with E-state index in [2.05, 4.69) is 5.32 Å². The van der Waals surface area contributed by atoms with Crippen LogP contribution in [0.2, 0.25) is 0 Å². The van der Waals surface area contributed by atoms with Crippen LogP contribution in [0.25, 0.3) is 0 Å². The lowest BCUT2D eigenvalue weighted by Crippen LogP contribution is -2.40. The molecule has 0 radical (unpaired) electrons. The third kappa shape index (κ3) is 6.06. The molecule has 0 aliphatic carbocycles. The average molecular weight is 423 g/mol. The Morgan fingerprint density at radius 2 is 1.70 bits per heavy atom. The lowest BCUT2D eigenvalue weighted by molar-refractivity contribution is -0.137. The number of carboxylic acid groups (broad SMARTS) is 1. The number of hydrogen-bond acceptors (Lipinski definition) is 3. The van der Waals surface area contributed by atoms with Crippen molar-refractivity contribution in [2.24, 2.45) is 5.92 Å². The Morgan fingerprint density at radius 3 is 2.20 bits per heavy atom. The van der Waals surface area contributed by atoms with E-state index in [0.717, 1.165) is 17.7 Å². The van der Waals surface area contributed by atoms with Gasteiger partial charge in [0.15, 0.2) is 0 Å². The Kier molecular flexibility index (Phi) is 8.00. The van der Waals surface area contributed by atoms with E-state index in [9.17, 15) is 22.8 Å². The van der Waals surface area contributed by atoms with Gasteiger partial charge in [0.1, 0.15) is 11.9 Å². The molecule has 2 rings (SSSR count). The normalized spacial score (nSPS) is 13.3. The highest BCUT2D eigenvalue weighted by molar-refractivity contribution is 5.87. The summed E-state index contributed by atoms with van der Waals surface area (Å²) in [7, 11) is 0. The molecule has 0 fully saturated rings. The molecule has 0 saturated carbocycles. The predicted octanol–water partition coefficient (Wildman–Crippen LogP) is 4.88. The summed E-state index contributed by atoms with van der Waals surface area (Å²) >= 11 is 0. The lowest BCUT2D eigenvalue weighted by Gasteiger charge is -2.24. The van der Waals surface area contributed by atoms with Crippen molar-refractivity contribution < 1.29 is 32.6 Å². The quantitative estimate of drug-likeness (QED) is 0.603. The highest BCUT2D eigenvalue weighted by Gasteiger charge is 2.25. The third-order valence-electron chi connectivity index (χ3n) is 4.61. The molecular formula is C22H24F3NO4. The number of rotatable bonds is 9. The molecule has 162 valence electrons. The number of benzene rings is 2. The number of carbonyl (C=O) groups is 2. The summed E-state index contributed by atoms with van der Waals surface area (Å²) in [5.74, 6) is -2.64. The molecule has 2 atom stereocenters. The molecule has 2 aromatic rings. The minimum Gasteiger partial charge on any atom is -0.478 e. The number of carboxylic acids is 1. The molecule has 5 nitrogen and oxygen atoms in total. The van der Waals surface area contributed by atoms with Gasteiger partial charge >= 0.3 is 5.97 Å². The maximum absolute atomic E-state index is 13.7. The van der Waals surface area contributed by atoms with E-state index in [1.807, 2.05) is 0 Å². The minimum atomic E-state index is -2.90. The molecule has 1 amide bonds. The summed E-state index contributed by atoms with van der Waals surface area (Å²) in [4.78, 5) is 23.6. The van der Waals surface area contributed by atoms with Crippen LogP contribution in [0, 0.1) is 11.7 Å².